The molecule has 0 aliphatic heterocycles. The molecule has 0 saturated heterocycles. The van der Waals surface area contributed by atoms with Crippen molar-refractivity contribution in [3.05, 3.63) is 58.6 Å². The average Bonchev–Trinajstić information content (AvgIpc) is 2.33. The Bertz CT molecular complexity index is 501. The van der Waals surface area contributed by atoms with Gasteiger partial charge in [-0.2, -0.15) is 0 Å². The van der Waals surface area contributed by atoms with Gasteiger partial charge in [-0.3, -0.25) is 0 Å². The fraction of sp³-hybridized carbons (Fsp3) is 0.200. The Kier molecular flexibility index (Phi) is 3.31. The highest BCUT2D eigenvalue weighted by Gasteiger charge is 2.01. The van der Waals surface area contributed by atoms with Crippen LogP contribution in [0.5, 0.6) is 0 Å². The van der Waals surface area contributed by atoms with Crippen molar-refractivity contribution in [2.45, 2.75) is 20.3 Å². The molecule has 82 valence electrons. The van der Waals surface area contributed by atoms with Gasteiger partial charge in [0.15, 0.2) is 0 Å². The van der Waals surface area contributed by atoms with Gasteiger partial charge in [0.2, 0.25) is 0 Å². The number of halogens is 1. The summed E-state index contributed by atoms with van der Waals surface area (Å²) in [5, 5.41) is 0.833. The zero-order valence-electron chi connectivity index (χ0n) is 9.63. The van der Waals surface area contributed by atoms with E-state index in [1.807, 2.05) is 13.0 Å². The lowest BCUT2D eigenvalue weighted by Crippen LogP contribution is -1.83. The number of hydrogen-bond donors (Lipinski definition) is 0. The van der Waals surface area contributed by atoms with Crippen molar-refractivity contribution < 1.29 is 0 Å². The second-order valence-electron chi connectivity index (χ2n) is 4.02. The molecule has 0 nitrogen and oxygen atoms in total. The van der Waals surface area contributed by atoms with E-state index in [0.29, 0.717) is 0 Å². The highest BCUT2D eigenvalue weighted by atomic mass is 35.5. The summed E-state index contributed by atoms with van der Waals surface area (Å²) in [6.07, 6.45) is 1.06. The lowest BCUT2D eigenvalue weighted by atomic mass is 10.0. The first-order valence-electron chi connectivity index (χ1n) is 5.56. The van der Waals surface area contributed by atoms with Gasteiger partial charge in [0.25, 0.3) is 0 Å². The number of rotatable bonds is 2. The molecule has 0 aliphatic carbocycles. The summed E-state index contributed by atoms with van der Waals surface area (Å²) in [6.45, 7) is 4.19. The second kappa shape index (κ2) is 4.71. The summed E-state index contributed by atoms with van der Waals surface area (Å²) < 4.78 is 0. The molecular weight excluding hydrogens is 216 g/mol. The molecule has 2 aromatic rings. The Morgan fingerprint density at radius 3 is 2.44 bits per heavy atom. The molecule has 1 heteroatoms. The minimum absolute atomic E-state index is 0.833. The van der Waals surface area contributed by atoms with Crippen molar-refractivity contribution in [1.82, 2.24) is 0 Å². The van der Waals surface area contributed by atoms with Crippen molar-refractivity contribution in [2.75, 3.05) is 0 Å². The van der Waals surface area contributed by atoms with E-state index in [1.54, 1.807) is 0 Å². The Labute approximate surface area is 102 Å². The highest BCUT2D eigenvalue weighted by Crippen LogP contribution is 2.25. The van der Waals surface area contributed by atoms with Gasteiger partial charge in [0.05, 0.1) is 0 Å². The molecule has 0 bridgehead atoms. The third kappa shape index (κ3) is 2.28. The summed E-state index contributed by atoms with van der Waals surface area (Å²) >= 11 is 6.14. The smallest absolute Gasteiger partial charge is 0.0441 e. The molecule has 0 saturated carbocycles. The van der Waals surface area contributed by atoms with Gasteiger partial charge in [0.1, 0.15) is 0 Å². The molecule has 0 spiro atoms. The van der Waals surface area contributed by atoms with Gasteiger partial charge in [-0.25, -0.2) is 0 Å². The van der Waals surface area contributed by atoms with Crippen molar-refractivity contribution in [3.63, 3.8) is 0 Å². The van der Waals surface area contributed by atoms with Crippen LogP contribution in [0.2, 0.25) is 5.02 Å². The largest absolute Gasteiger partial charge is 0.0840 e. The van der Waals surface area contributed by atoms with Crippen LogP contribution in [0.1, 0.15) is 18.1 Å². The van der Waals surface area contributed by atoms with Crippen LogP contribution < -0.4 is 0 Å². The van der Waals surface area contributed by atoms with Crippen LogP contribution in [-0.2, 0) is 6.42 Å². The van der Waals surface area contributed by atoms with E-state index in [0.717, 1.165) is 17.0 Å². The van der Waals surface area contributed by atoms with E-state index in [-0.39, 0.29) is 0 Å². The molecular formula is C15H15Cl. The van der Waals surface area contributed by atoms with Gasteiger partial charge in [-0.15, -0.1) is 0 Å². The van der Waals surface area contributed by atoms with Crippen LogP contribution in [0.15, 0.2) is 42.5 Å². The Balaban J connectivity index is 2.46. The first-order chi connectivity index (χ1) is 7.70. The third-order valence-electron chi connectivity index (χ3n) is 2.84. The normalized spacial score (nSPS) is 10.4. The van der Waals surface area contributed by atoms with E-state index >= 15 is 0 Å². The first-order valence-corrected chi connectivity index (χ1v) is 5.94. The van der Waals surface area contributed by atoms with Gasteiger partial charge >= 0.3 is 0 Å². The number of hydrogen-bond acceptors (Lipinski definition) is 0. The second-order valence-corrected chi connectivity index (χ2v) is 4.43. The van der Waals surface area contributed by atoms with Crippen LogP contribution in [0.4, 0.5) is 0 Å². The topological polar surface area (TPSA) is 0 Å². The van der Waals surface area contributed by atoms with E-state index in [9.17, 15) is 0 Å². The average molecular weight is 231 g/mol. The predicted octanol–water partition coefficient (Wildman–Crippen LogP) is 4.88. The predicted molar refractivity (Wildman–Crippen MR) is 71.0 cm³/mol. The number of aryl methyl sites for hydroxylation is 2. The molecule has 0 aromatic heterocycles. The SMILES string of the molecule is CCc1cccc(-c2ccc(C)c(Cl)c2)c1. The lowest BCUT2D eigenvalue weighted by Gasteiger charge is -2.06. The molecule has 0 N–H and O–H groups in total. The lowest BCUT2D eigenvalue weighted by molar-refractivity contribution is 1.14. The monoisotopic (exact) mass is 230 g/mol. The molecule has 0 unspecified atom stereocenters. The zero-order chi connectivity index (χ0) is 11.5. The summed E-state index contributed by atoms with van der Waals surface area (Å²) in [6, 6.07) is 14.8. The van der Waals surface area contributed by atoms with E-state index in [1.165, 1.54) is 16.7 Å². The van der Waals surface area contributed by atoms with Gasteiger partial charge in [-0.1, -0.05) is 54.9 Å². The van der Waals surface area contributed by atoms with E-state index in [2.05, 4.69) is 43.3 Å². The summed E-state index contributed by atoms with van der Waals surface area (Å²) in [7, 11) is 0. The number of benzene rings is 2. The Morgan fingerprint density at radius 1 is 1.00 bits per heavy atom. The molecule has 0 fully saturated rings. The maximum Gasteiger partial charge on any atom is 0.0441 e. The zero-order valence-corrected chi connectivity index (χ0v) is 10.4. The molecule has 2 rings (SSSR count). The van der Waals surface area contributed by atoms with Crippen LogP contribution in [0.3, 0.4) is 0 Å². The molecule has 16 heavy (non-hydrogen) atoms. The fourth-order valence-corrected chi connectivity index (χ4v) is 1.92. The van der Waals surface area contributed by atoms with Crippen LogP contribution in [0.25, 0.3) is 11.1 Å². The van der Waals surface area contributed by atoms with E-state index in [4.69, 9.17) is 11.6 Å². The Morgan fingerprint density at radius 2 is 1.75 bits per heavy atom. The Hall–Kier alpha value is -1.27. The van der Waals surface area contributed by atoms with Crippen LogP contribution in [-0.4, -0.2) is 0 Å². The van der Waals surface area contributed by atoms with E-state index < -0.39 is 0 Å². The summed E-state index contributed by atoms with van der Waals surface area (Å²) in [5.74, 6) is 0. The fourth-order valence-electron chi connectivity index (χ4n) is 1.74. The van der Waals surface area contributed by atoms with Crippen molar-refractivity contribution >= 4 is 11.6 Å². The van der Waals surface area contributed by atoms with Gasteiger partial charge in [0, 0.05) is 5.02 Å². The molecule has 0 heterocycles. The van der Waals surface area contributed by atoms with Gasteiger partial charge < -0.3 is 0 Å². The molecule has 0 aliphatic rings. The third-order valence-corrected chi connectivity index (χ3v) is 3.25. The summed E-state index contributed by atoms with van der Waals surface area (Å²) in [4.78, 5) is 0. The van der Waals surface area contributed by atoms with Crippen LogP contribution in [0, 0.1) is 6.92 Å². The molecule has 0 amide bonds. The maximum atomic E-state index is 6.14. The molecule has 0 radical (unpaired) electrons. The van der Waals surface area contributed by atoms with Crippen molar-refractivity contribution in [2.24, 2.45) is 0 Å². The standard InChI is InChI=1S/C15H15Cl/c1-3-12-5-4-6-13(9-12)14-8-7-11(2)15(16)10-14/h4-10H,3H2,1-2H3. The minimum Gasteiger partial charge on any atom is -0.0840 e. The first kappa shape index (κ1) is 11.2. The van der Waals surface area contributed by atoms with Crippen LogP contribution >= 0.6 is 11.6 Å². The summed E-state index contributed by atoms with van der Waals surface area (Å²) in [5.41, 5.74) is 4.90. The molecule has 2 aromatic carbocycles. The maximum absolute atomic E-state index is 6.14. The van der Waals surface area contributed by atoms with Crippen molar-refractivity contribution in [1.29, 1.82) is 0 Å². The highest BCUT2D eigenvalue weighted by molar-refractivity contribution is 6.31. The van der Waals surface area contributed by atoms with Crippen molar-refractivity contribution in [3.8, 4) is 11.1 Å². The molecule has 0 atom stereocenters. The minimum atomic E-state index is 0.833. The van der Waals surface area contributed by atoms with Gasteiger partial charge in [-0.05, 0) is 41.7 Å². The quantitative estimate of drug-likeness (QED) is 0.690.